The van der Waals surface area contributed by atoms with Crippen LogP contribution in [0.25, 0.3) is 5.69 Å². The van der Waals surface area contributed by atoms with Crippen LogP contribution in [0, 0.1) is 0 Å². The molecule has 0 fully saturated rings. The van der Waals surface area contributed by atoms with Gasteiger partial charge in [0.2, 0.25) is 0 Å². The molecule has 1 atom stereocenters. The van der Waals surface area contributed by atoms with Crippen molar-refractivity contribution in [1.29, 1.82) is 0 Å². The molecule has 1 heterocycles. The van der Waals surface area contributed by atoms with Crippen LogP contribution in [0.15, 0.2) is 30.6 Å². The molecule has 94 valence electrons. The summed E-state index contributed by atoms with van der Waals surface area (Å²) >= 11 is 0. The number of benzene rings is 1. The van der Waals surface area contributed by atoms with Crippen LogP contribution in [0.1, 0.15) is 17.3 Å². The molecular weight excluding hydrogens is 234 g/mol. The number of aliphatic hydroxyl groups is 1. The minimum Gasteiger partial charge on any atom is -0.392 e. The SMILES string of the molecule is CC(O)CNC(=O)c1ccc(-n2cnnn2)cc1. The van der Waals surface area contributed by atoms with Gasteiger partial charge < -0.3 is 10.4 Å². The molecule has 0 saturated heterocycles. The number of hydrogen-bond acceptors (Lipinski definition) is 5. The highest BCUT2D eigenvalue weighted by molar-refractivity contribution is 5.94. The van der Waals surface area contributed by atoms with Gasteiger partial charge in [-0.05, 0) is 41.6 Å². The summed E-state index contributed by atoms with van der Waals surface area (Å²) in [5.74, 6) is -0.223. The largest absolute Gasteiger partial charge is 0.392 e. The minimum atomic E-state index is -0.561. The van der Waals surface area contributed by atoms with Crippen molar-refractivity contribution >= 4 is 5.91 Å². The lowest BCUT2D eigenvalue weighted by Crippen LogP contribution is -2.30. The molecule has 1 aromatic carbocycles. The van der Waals surface area contributed by atoms with Crippen molar-refractivity contribution < 1.29 is 9.90 Å². The Hall–Kier alpha value is -2.28. The molecule has 0 saturated carbocycles. The number of aromatic nitrogens is 4. The van der Waals surface area contributed by atoms with Crippen LogP contribution in [-0.2, 0) is 0 Å². The van der Waals surface area contributed by atoms with E-state index in [0.29, 0.717) is 5.56 Å². The molecule has 1 aromatic heterocycles. The lowest BCUT2D eigenvalue weighted by molar-refractivity contribution is 0.0924. The van der Waals surface area contributed by atoms with Crippen LogP contribution in [0.4, 0.5) is 0 Å². The van der Waals surface area contributed by atoms with E-state index in [9.17, 15) is 4.79 Å². The quantitative estimate of drug-likeness (QED) is 0.778. The van der Waals surface area contributed by atoms with E-state index in [1.807, 2.05) is 0 Å². The zero-order valence-corrected chi connectivity index (χ0v) is 9.82. The normalized spacial score (nSPS) is 12.1. The fourth-order valence-electron chi connectivity index (χ4n) is 1.39. The summed E-state index contributed by atoms with van der Waals surface area (Å²) in [6.07, 6.45) is 0.914. The maximum atomic E-state index is 11.7. The Morgan fingerprint density at radius 3 is 2.72 bits per heavy atom. The van der Waals surface area contributed by atoms with Gasteiger partial charge >= 0.3 is 0 Å². The molecule has 18 heavy (non-hydrogen) atoms. The summed E-state index contributed by atoms with van der Waals surface area (Å²) < 4.78 is 1.50. The van der Waals surface area contributed by atoms with Crippen LogP contribution in [0.5, 0.6) is 0 Å². The topological polar surface area (TPSA) is 92.9 Å². The number of carbonyl (C=O) groups excluding carboxylic acids is 1. The number of carbonyl (C=O) groups is 1. The fourth-order valence-corrected chi connectivity index (χ4v) is 1.39. The van der Waals surface area contributed by atoms with E-state index >= 15 is 0 Å². The van der Waals surface area contributed by atoms with Gasteiger partial charge in [-0.15, -0.1) is 5.10 Å². The summed E-state index contributed by atoms with van der Waals surface area (Å²) in [5, 5.41) is 22.5. The van der Waals surface area contributed by atoms with Gasteiger partial charge in [-0.25, -0.2) is 4.68 Å². The third kappa shape index (κ3) is 2.89. The average molecular weight is 247 g/mol. The van der Waals surface area contributed by atoms with Crippen molar-refractivity contribution in [2.45, 2.75) is 13.0 Å². The molecule has 0 aliphatic heterocycles. The fraction of sp³-hybridized carbons (Fsp3) is 0.273. The van der Waals surface area contributed by atoms with Crippen molar-refractivity contribution in [3.8, 4) is 5.69 Å². The molecule has 7 heteroatoms. The van der Waals surface area contributed by atoms with Crippen molar-refractivity contribution in [1.82, 2.24) is 25.5 Å². The first kappa shape index (κ1) is 12.2. The summed E-state index contributed by atoms with van der Waals surface area (Å²) in [7, 11) is 0. The number of nitrogens with one attached hydrogen (secondary N) is 1. The number of rotatable bonds is 4. The molecule has 2 rings (SSSR count). The summed E-state index contributed by atoms with van der Waals surface area (Å²) in [6.45, 7) is 1.84. The van der Waals surface area contributed by atoms with Crippen LogP contribution in [-0.4, -0.2) is 43.9 Å². The summed E-state index contributed by atoms with van der Waals surface area (Å²) in [5.41, 5.74) is 1.29. The Kier molecular flexibility index (Phi) is 3.63. The van der Waals surface area contributed by atoms with Crippen molar-refractivity contribution in [3.05, 3.63) is 36.2 Å². The number of nitrogens with zero attached hydrogens (tertiary/aromatic N) is 4. The van der Waals surface area contributed by atoms with Gasteiger partial charge in [-0.1, -0.05) is 0 Å². The van der Waals surface area contributed by atoms with Gasteiger partial charge in [0.1, 0.15) is 6.33 Å². The second kappa shape index (κ2) is 5.37. The van der Waals surface area contributed by atoms with Crippen molar-refractivity contribution in [3.63, 3.8) is 0 Å². The number of tetrazole rings is 1. The van der Waals surface area contributed by atoms with Crippen LogP contribution in [0.2, 0.25) is 0 Å². The highest BCUT2D eigenvalue weighted by Crippen LogP contribution is 2.07. The number of aliphatic hydroxyl groups excluding tert-OH is 1. The zero-order valence-electron chi connectivity index (χ0n) is 9.82. The molecule has 0 spiro atoms. The first-order valence-corrected chi connectivity index (χ1v) is 5.46. The van der Waals surface area contributed by atoms with E-state index in [-0.39, 0.29) is 12.5 Å². The Morgan fingerprint density at radius 2 is 2.17 bits per heavy atom. The highest BCUT2D eigenvalue weighted by Gasteiger charge is 2.06. The zero-order chi connectivity index (χ0) is 13.0. The van der Waals surface area contributed by atoms with Gasteiger partial charge in [0.05, 0.1) is 11.8 Å². The maximum Gasteiger partial charge on any atom is 0.251 e. The van der Waals surface area contributed by atoms with Crippen LogP contribution in [0.3, 0.4) is 0 Å². The van der Waals surface area contributed by atoms with Crippen LogP contribution < -0.4 is 5.32 Å². The molecule has 7 nitrogen and oxygen atoms in total. The maximum absolute atomic E-state index is 11.7. The van der Waals surface area contributed by atoms with Crippen molar-refractivity contribution in [2.75, 3.05) is 6.54 Å². The highest BCUT2D eigenvalue weighted by atomic mass is 16.3. The minimum absolute atomic E-state index is 0.223. The van der Waals surface area contributed by atoms with E-state index in [1.54, 1.807) is 31.2 Å². The predicted molar refractivity (Wildman–Crippen MR) is 63.2 cm³/mol. The van der Waals surface area contributed by atoms with Crippen molar-refractivity contribution in [2.24, 2.45) is 0 Å². The van der Waals surface area contributed by atoms with Crippen LogP contribution >= 0.6 is 0 Å². The molecule has 2 aromatic rings. The lowest BCUT2D eigenvalue weighted by Gasteiger charge is -2.07. The van der Waals surface area contributed by atoms with E-state index < -0.39 is 6.10 Å². The van der Waals surface area contributed by atoms with Gasteiger partial charge in [0.25, 0.3) is 5.91 Å². The number of hydrogen-bond donors (Lipinski definition) is 2. The third-order valence-electron chi connectivity index (χ3n) is 2.30. The molecule has 1 unspecified atom stereocenters. The molecule has 0 aliphatic rings. The second-order valence-corrected chi connectivity index (χ2v) is 3.86. The number of amides is 1. The lowest BCUT2D eigenvalue weighted by atomic mass is 10.2. The standard InChI is InChI=1S/C11H13N5O2/c1-8(17)6-12-11(18)9-2-4-10(5-3-9)16-7-13-14-15-16/h2-5,7-8,17H,6H2,1H3,(H,12,18). The molecule has 0 aliphatic carbocycles. The van der Waals surface area contributed by atoms with E-state index in [2.05, 4.69) is 20.8 Å². The smallest absolute Gasteiger partial charge is 0.251 e. The van der Waals surface area contributed by atoms with E-state index in [0.717, 1.165) is 5.69 Å². The molecule has 2 N–H and O–H groups in total. The first-order chi connectivity index (χ1) is 8.66. The van der Waals surface area contributed by atoms with Gasteiger partial charge in [-0.3, -0.25) is 4.79 Å². The summed E-state index contributed by atoms with van der Waals surface area (Å²) in [4.78, 5) is 11.7. The van der Waals surface area contributed by atoms with Gasteiger partial charge in [0.15, 0.2) is 0 Å². The molecule has 0 radical (unpaired) electrons. The van der Waals surface area contributed by atoms with E-state index in [4.69, 9.17) is 5.11 Å². The Morgan fingerprint density at radius 1 is 1.44 bits per heavy atom. The van der Waals surface area contributed by atoms with E-state index in [1.165, 1.54) is 11.0 Å². The average Bonchev–Trinajstić information content (AvgIpc) is 2.90. The second-order valence-electron chi connectivity index (χ2n) is 3.86. The Balaban J connectivity index is 2.06. The third-order valence-corrected chi connectivity index (χ3v) is 2.30. The monoisotopic (exact) mass is 247 g/mol. The molecular formula is C11H13N5O2. The van der Waals surface area contributed by atoms with Gasteiger partial charge in [0, 0.05) is 12.1 Å². The summed E-state index contributed by atoms with van der Waals surface area (Å²) in [6, 6.07) is 6.84. The predicted octanol–water partition coefficient (Wildman–Crippen LogP) is -0.227. The van der Waals surface area contributed by atoms with Gasteiger partial charge in [-0.2, -0.15) is 0 Å². The first-order valence-electron chi connectivity index (χ1n) is 5.46. The molecule has 0 bridgehead atoms. The Bertz CT molecular complexity index is 507. The molecule has 1 amide bonds. The Labute approximate surface area is 103 Å².